The smallest absolute Gasteiger partial charge is 0.0240 e. The predicted molar refractivity (Wildman–Crippen MR) is 85.9 cm³/mol. The predicted octanol–water partition coefficient (Wildman–Crippen LogP) is 2.02. The van der Waals surface area contributed by atoms with E-state index in [0.717, 1.165) is 19.6 Å². The summed E-state index contributed by atoms with van der Waals surface area (Å²) in [5, 5.41) is 0. The topological polar surface area (TPSA) is 32.5 Å². The molecule has 0 saturated carbocycles. The second kappa shape index (κ2) is 7.21. The van der Waals surface area contributed by atoms with E-state index in [1.807, 2.05) is 0 Å². The van der Waals surface area contributed by atoms with Gasteiger partial charge in [0.15, 0.2) is 0 Å². The van der Waals surface area contributed by atoms with Crippen molar-refractivity contribution in [1.82, 2.24) is 9.80 Å². The van der Waals surface area contributed by atoms with Crippen LogP contribution in [0.5, 0.6) is 0 Å². The third kappa shape index (κ3) is 4.05. The summed E-state index contributed by atoms with van der Waals surface area (Å²) in [6, 6.07) is 6.60. The lowest BCUT2D eigenvalue weighted by molar-refractivity contribution is 0.116. The largest absolute Gasteiger partial charge is 0.330 e. The summed E-state index contributed by atoms with van der Waals surface area (Å²) in [4.78, 5) is 5.14. The number of rotatable bonds is 5. The summed E-state index contributed by atoms with van der Waals surface area (Å²) < 4.78 is 0. The van der Waals surface area contributed by atoms with Crippen molar-refractivity contribution in [3.63, 3.8) is 0 Å². The Bertz CT molecular complexity index is 402. The van der Waals surface area contributed by atoms with Gasteiger partial charge in [0.1, 0.15) is 0 Å². The van der Waals surface area contributed by atoms with Gasteiger partial charge in [0, 0.05) is 39.3 Å². The Morgan fingerprint density at radius 1 is 1.05 bits per heavy atom. The van der Waals surface area contributed by atoms with Crippen molar-refractivity contribution in [2.75, 3.05) is 39.3 Å². The molecule has 1 heterocycles. The number of benzene rings is 1. The molecule has 1 aliphatic heterocycles. The van der Waals surface area contributed by atoms with E-state index < -0.39 is 0 Å². The van der Waals surface area contributed by atoms with Gasteiger partial charge in [-0.3, -0.25) is 4.90 Å². The number of nitrogens with two attached hydrogens (primary N) is 1. The van der Waals surface area contributed by atoms with E-state index in [-0.39, 0.29) is 0 Å². The first kappa shape index (κ1) is 15.5. The number of piperazine rings is 1. The molecule has 20 heavy (non-hydrogen) atoms. The zero-order valence-corrected chi connectivity index (χ0v) is 13.2. The van der Waals surface area contributed by atoms with E-state index in [4.69, 9.17) is 5.73 Å². The van der Waals surface area contributed by atoms with E-state index >= 15 is 0 Å². The third-order valence-electron chi connectivity index (χ3n) is 4.46. The Hall–Kier alpha value is -0.900. The molecular formula is C17H29N3. The van der Waals surface area contributed by atoms with Gasteiger partial charge < -0.3 is 10.6 Å². The van der Waals surface area contributed by atoms with Gasteiger partial charge in [0.25, 0.3) is 0 Å². The summed E-state index contributed by atoms with van der Waals surface area (Å²) in [5.41, 5.74) is 10.1. The normalized spacial score (nSPS) is 19.2. The van der Waals surface area contributed by atoms with E-state index in [9.17, 15) is 0 Å². The molecule has 3 heteroatoms. The fourth-order valence-electron chi connectivity index (χ4n) is 2.97. The molecule has 1 aliphatic rings. The van der Waals surface area contributed by atoms with E-state index in [1.54, 1.807) is 0 Å². The van der Waals surface area contributed by atoms with E-state index in [2.05, 4.69) is 48.8 Å². The van der Waals surface area contributed by atoms with Gasteiger partial charge in [0.05, 0.1) is 0 Å². The van der Waals surface area contributed by atoms with Crippen LogP contribution in [0, 0.1) is 19.8 Å². The fourth-order valence-corrected chi connectivity index (χ4v) is 2.97. The molecule has 0 aliphatic carbocycles. The molecule has 1 aromatic rings. The van der Waals surface area contributed by atoms with Crippen LogP contribution in [0.2, 0.25) is 0 Å². The van der Waals surface area contributed by atoms with Crippen LogP contribution in [0.4, 0.5) is 0 Å². The van der Waals surface area contributed by atoms with Crippen LogP contribution in [0.25, 0.3) is 0 Å². The molecule has 1 saturated heterocycles. The first-order valence-corrected chi connectivity index (χ1v) is 7.80. The van der Waals surface area contributed by atoms with Crippen molar-refractivity contribution in [1.29, 1.82) is 0 Å². The highest BCUT2D eigenvalue weighted by Crippen LogP contribution is 2.17. The second-order valence-electron chi connectivity index (χ2n) is 6.29. The van der Waals surface area contributed by atoms with Crippen LogP contribution in [-0.4, -0.2) is 49.1 Å². The Balaban J connectivity index is 1.85. The fraction of sp³-hybridized carbons (Fsp3) is 0.647. The maximum atomic E-state index is 5.71. The molecule has 1 aromatic carbocycles. The van der Waals surface area contributed by atoms with E-state index in [0.29, 0.717) is 5.92 Å². The molecule has 112 valence electrons. The summed E-state index contributed by atoms with van der Waals surface area (Å²) >= 11 is 0. The van der Waals surface area contributed by atoms with Gasteiger partial charge >= 0.3 is 0 Å². The Labute approximate surface area is 123 Å². The van der Waals surface area contributed by atoms with Crippen molar-refractivity contribution >= 4 is 0 Å². The average molecular weight is 275 g/mol. The number of nitrogens with zero attached hydrogens (tertiary/aromatic N) is 2. The molecule has 1 fully saturated rings. The Morgan fingerprint density at radius 2 is 1.60 bits per heavy atom. The van der Waals surface area contributed by atoms with Crippen molar-refractivity contribution in [2.24, 2.45) is 11.7 Å². The quantitative estimate of drug-likeness (QED) is 0.892. The second-order valence-corrected chi connectivity index (χ2v) is 6.29. The highest BCUT2D eigenvalue weighted by Gasteiger charge is 2.19. The Kier molecular flexibility index (Phi) is 5.58. The van der Waals surface area contributed by atoms with Crippen LogP contribution in [0.3, 0.4) is 0 Å². The lowest BCUT2D eigenvalue weighted by atomic mass is 10.0. The molecule has 0 radical (unpaired) electrons. The lowest BCUT2D eigenvalue weighted by Gasteiger charge is -2.36. The van der Waals surface area contributed by atoms with Gasteiger partial charge in [-0.15, -0.1) is 0 Å². The maximum absolute atomic E-state index is 5.71. The minimum atomic E-state index is 0.611. The maximum Gasteiger partial charge on any atom is 0.0240 e. The first-order valence-electron chi connectivity index (χ1n) is 7.80. The molecule has 2 N–H and O–H groups in total. The minimum absolute atomic E-state index is 0.611. The first-order chi connectivity index (χ1) is 9.60. The molecule has 0 amide bonds. The zero-order chi connectivity index (χ0) is 14.5. The summed E-state index contributed by atoms with van der Waals surface area (Å²) in [7, 11) is 0. The summed E-state index contributed by atoms with van der Waals surface area (Å²) in [6.07, 6.45) is 0. The van der Waals surface area contributed by atoms with Crippen LogP contribution < -0.4 is 5.73 Å². The molecular weight excluding hydrogens is 246 g/mol. The van der Waals surface area contributed by atoms with Crippen LogP contribution >= 0.6 is 0 Å². The summed E-state index contributed by atoms with van der Waals surface area (Å²) in [6.45, 7) is 14.4. The molecule has 1 atom stereocenters. The average Bonchev–Trinajstić information content (AvgIpc) is 2.44. The van der Waals surface area contributed by atoms with Gasteiger partial charge in [-0.1, -0.05) is 25.1 Å². The van der Waals surface area contributed by atoms with Gasteiger partial charge in [0.2, 0.25) is 0 Å². The molecule has 0 spiro atoms. The standard InChI is InChI=1S/C17H29N3/c1-14(11-18)12-19-7-9-20(10-8-19)13-17-15(2)5-4-6-16(17)3/h4-6,14H,7-13,18H2,1-3H3. The van der Waals surface area contributed by atoms with E-state index in [1.165, 1.54) is 42.9 Å². The summed E-state index contributed by atoms with van der Waals surface area (Å²) in [5.74, 6) is 0.611. The molecule has 0 bridgehead atoms. The third-order valence-corrected chi connectivity index (χ3v) is 4.46. The van der Waals surface area contributed by atoms with Crippen LogP contribution in [-0.2, 0) is 6.54 Å². The monoisotopic (exact) mass is 275 g/mol. The van der Waals surface area contributed by atoms with Gasteiger partial charge in [-0.25, -0.2) is 0 Å². The minimum Gasteiger partial charge on any atom is -0.330 e. The number of hydrogen-bond donors (Lipinski definition) is 1. The van der Waals surface area contributed by atoms with Crippen molar-refractivity contribution in [2.45, 2.75) is 27.3 Å². The number of hydrogen-bond acceptors (Lipinski definition) is 3. The SMILES string of the molecule is Cc1cccc(C)c1CN1CCN(CC(C)CN)CC1. The van der Waals surface area contributed by atoms with Crippen molar-refractivity contribution in [3.8, 4) is 0 Å². The molecule has 3 nitrogen and oxygen atoms in total. The van der Waals surface area contributed by atoms with Crippen LogP contribution in [0.15, 0.2) is 18.2 Å². The molecule has 2 rings (SSSR count). The van der Waals surface area contributed by atoms with Gasteiger partial charge in [-0.2, -0.15) is 0 Å². The highest BCUT2D eigenvalue weighted by atomic mass is 15.3. The lowest BCUT2D eigenvalue weighted by Crippen LogP contribution is -2.47. The van der Waals surface area contributed by atoms with Crippen molar-refractivity contribution in [3.05, 3.63) is 34.9 Å². The van der Waals surface area contributed by atoms with Crippen LogP contribution in [0.1, 0.15) is 23.6 Å². The Morgan fingerprint density at radius 3 is 2.15 bits per heavy atom. The zero-order valence-electron chi connectivity index (χ0n) is 13.2. The van der Waals surface area contributed by atoms with Gasteiger partial charge in [-0.05, 0) is 43.0 Å². The molecule has 0 aromatic heterocycles. The number of aryl methyl sites for hydroxylation is 2. The molecule has 1 unspecified atom stereocenters. The highest BCUT2D eigenvalue weighted by molar-refractivity contribution is 5.33. The van der Waals surface area contributed by atoms with Crippen molar-refractivity contribution < 1.29 is 0 Å².